The van der Waals surface area contributed by atoms with Crippen LogP contribution in [-0.2, 0) is 21.0 Å². The van der Waals surface area contributed by atoms with Gasteiger partial charge >= 0.3 is 10.3 Å². The maximum Gasteiger partial charge on any atom is 0.339 e. The Morgan fingerprint density at radius 3 is 2.25 bits per heavy atom. The molecule has 0 bridgehead atoms. The van der Waals surface area contributed by atoms with Gasteiger partial charge in [0.1, 0.15) is 0 Å². The fraction of sp³-hybridized carbons (Fsp3) is 0.200. The maximum atomic E-state index is 12.1. The number of rotatable bonds is 3. The minimum atomic E-state index is -3.65. The fourth-order valence-corrected chi connectivity index (χ4v) is 3.59. The first kappa shape index (κ1) is 13.3. The Balaban J connectivity index is 1.92. The van der Waals surface area contributed by atoms with E-state index in [0.717, 1.165) is 11.1 Å². The molecule has 1 aliphatic rings. The van der Waals surface area contributed by atoms with Crippen LogP contribution in [0.25, 0.3) is 0 Å². The number of nitrogens with zero attached hydrogens (tertiary/aromatic N) is 1. The van der Waals surface area contributed by atoms with Gasteiger partial charge in [0.25, 0.3) is 0 Å². The maximum absolute atomic E-state index is 12.1. The zero-order chi connectivity index (χ0) is 14.0. The van der Waals surface area contributed by atoms with Crippen LogP contribution in [0.1, 0.15) is 17.2 Å². The summed E-state index contributed by atoms with van der Waals surface area (Å²) in [7, 11) is -3.65. The second-order valence-corrected chi connectivity index (χ2v) is 6.26. The second kappa shape index (κ2) is 5.36. The van der Waals surface area contributed by atoms with Crippen LogP contribution < -0.4 is 0 Å². The van der Waals surface area contributed by atoms with Gasteiger partial charge in [-0.05, 0) is 11.1 Å². The molecule has 0 radical (unpaired) electrons. The average Bonchev–Trinajstić information content (AvgIpc) is 2.77. The highest BCUT2D eigenvalue weighted by molar-refractivity contribution is 7.84. The van der Waals surface area contributed by atoms with Gasteiger partial charge in [-0.3, -0.25) is 4.18 Å². The van der Waals surface area contributed by atoms with Gasteiger partial charge in [0.05, 0.1) is 12.6 Å². The van der Waals surface area contributed by atoms with E-state index in [0.29, 0.717) is 6.54 Å². The van der Waals surface area contributed by atoms with Gasteiger partial charge in [-0.25, -0.2) is 0 Å². The van der Waals surface area contributed by atoms with Crippen LogP contribution >= 0.6 is 0 Å². The lowest BCUT2D eigenvalue weighted by molar-refractivity contribution is 0.312. The van der Waals surface area contributed by atoms with Crippen molar-refractivity contribution >= 4 is 10.3 Å². The third-order valence-corrected chi connectivity index (χ3v) is 4.77. The molecule has 1 fully saturated rings. The van der Waals surface area contributed by atoms with E-state index in [9.17, 15) is 8.42 Å². The summed E-state index contributed by atoms with van der Waals surface area (Å²) < 4.78 is 30.5. The highest BCUT2D eigenvalue weighted by atomic mass is 32.2. The van der Waals surface area contributed by atoms with Crippen molar-refractivity contribution in [2.75, 3.05) is 6.61 Å². The van der Waals surface area contributed by atoms with Crippen LogP contribution in [0.4, 0.5) is 0 Å². The largest absolute Gasteiger partial charge is 0.339 e. The lowest BCUT2D eigenvalue weighted by Crippen LogP contribution is -2.27. The van der Waals surface area contributed by atoms with Crippen LogP contribution in [0.15, 0.2) is 60.7 Å². The van der Waals surface area contributed by atoms with Gasteiger partial charge in [0.15, 0.2) is 0 Å². The quantitative estimate of drug-likeness (QED) is 0.872. The third-order valence-electron chi connectivity index (χ3n) is 3.38. The molecule has 4 nitrogen and oxygen atoms in total. The SMILES string of the molecule is O=S1(=O)OC[C@H](c2ccccc2)N1Cc1ccccc1. The van der Waals surface area contributed by atoms with Crippen molar-refractivity contribution in [1.82, 2.24) is 4.31 Å². The molecule has 2 aromatic rings. The molecule has 5 heteroatoms. The normalized spacial score (nSPS) is 21.9. The van der Waals surface area contributed by atoms with E-state index in [4.69, 9.17) is 4.18 Å². The number of hydrogen-bond donors (Lipinski definition) is 0. The predicted molar refractivity (Wildman–Crippen MR) is 76.0 cm³/mol. The van der Waals surface area contributed by atoms with Crippen molar-refractivity contribution in [3.8, 4) is 0 Å². The first-order valence-corrected chi connectivity index (χ1v) is 7.78. The van der Waals surface area contributed by atoms with Gasteiger partial charge in [0.2, 0.25) is 0 Å². The predicted octanol–water partition coefficient (Wildman–Crippen LogP) is 2.50. The van der Waals surface area contributed by atoms with Gasteiger partial charge in [-0.1, -0.05) is 60.7 Å². The molecule has 0 saturated carbocycles. The van der Waals surface area contributed by atoms with Crippen LogP contribution in [0.2, 0.25) is 0 Å². The minimum Gasteiger partial charge on any atom is -0.256 e. The standard InChI is InChI=1S/C15H15NO3S/c17-20(18)16(11-13-7-3-1-4-8-13)15(12-19-20)14-9-5-2-6-10-14/h1-10,15H,11-12H2/t15-/m1/s1. The van der Waals surface area contributed by atoms with Gasteiger partial charge < -0.3 is 0 Å². The van der Waals surface area contributed by atoms with E-state index in [2.05, 4.69) is 0 Å². The molecular weight excluding hydrogens is 274 g/mol. The molecule has 1 heterocycles. The van der Waals surface area contributed by atoms with Crippen molar-refractivity contribution in [3.05, 3.63) is 71.8 Å². The molecule has 0 aliphatic carbocycles. The van der Waals surface area contributed by atoms with Crippen LogP contribution in [0.3, 0.4) is 0 Å². The highest BCUT2D eigenvalue weighted by Crippen LogP contribution is 2.32. The molecule has 104 valence electrons. The Morgan fingerprint density at radius 1 is 1.00 bits per heavy atom. The Morgan fingerprint density at radius 2 is 1.60 bits per heavy atom. The number of hydrogen-bond acceptors (Lipinski definition) is 3. The van der Waals surface area contributed by atoms with Crippen molar-refractivity contribution in [2.24, 2.45) is 0 Å². The first-order valence-electron chi connectivity index (χ1n) is 6.42. The summed E-state index contributed by atoms with van der Waals surface area (Å²) >= 11 is 0. The summed E-state index contributed by atoms with van der Waals surface area (Å²) in [4.78, 5) is 0. The smallest absolute Gasteiger partial charge is 0.256 e. The van der Waals surface area contributed by atoms with Crippen LogP contribution in [0.5, 0.6) is 0 Å². The number of benzene rings is 2. The Kier molecular flexibility index (Phi) is 3.56. The monoisotopic (exact) mass is 289 g/mol. The zero-order valence-electron chi connectivity index (χ0n) is 10.8. The van der Waals surface area contributed by atoms with Gasteiger partial charge in [-0.2, -0.15) is 12.7 Å². The molecule has 3 rings (SSSR count). The molecule has 1 atom stereocenters. The summed E-state index contributed by atoms with van der Waals surface area (Å²) in [6.45, 7) is 0.488. The van der Waals surface area contributed by atoms with E-state index < -0.39 is 10.3 Å². The molecule has 0 N–H and O–H groups in total. The molecule has 0 spiro atoms. The fourth-order valence-electron chi connectivity index (χ4n) is 2.35. The van der Waals surface area contributed by atoms with Gasteiger partial charge in [-0.15, -0.1) is 0 Å². The summed E-state index contributed by atoms with van der Waals surface area (Å²) in [6.07, 6.45) is 0. The molecule has 0 unspecified atom stereocenters. The Labute approximate surface area is 118 Å². The molecular formula is C15H15NO3S. The van der Waals surface area contributed by atoms with E-state index in [1.54, 1.807) is 0 Å². The second-order valence-electron chi connectivity index (χ2n) is 4.70. The molecule has 2 aromatic carbocycles. The van der Waals surface area contributed by atoms with E-state index in [-0.39, 0.29) is 12.6 Å². The van der Waals surface area contributed by atoms with Crippen molar-refractivity contribution in [1.29, 1.82) is 0 Å². The summed E-state index contributed by atoms with van der Waals surface area (Å²) in [5.41, 5.74) is 1.90. The Bertz CT molecular complexity index is 671. The van der Waals surface area contributed by atoms with Crippen LogP contribution in [0, 0.1) is 0 Å². The zero-order valence-corrected chi connectivity index (χ0v) is 11.7. The minimum absolute atomic E-state index is 0.166. The topological polar surface area (TPSA) is 46.6 Å². The first-order chi connectivity index (χ1) is 9.67. The summed E-state index contributed by atoms with van der Waals surface area (Å²) in [6, 6.07) is 18.8. The summed E-state index contributed by atoms with van der Waals surface area (Å²) in [5.74, 6) is 0. The molecule has 0 amide bonds. The Hall–Kier alpha value is -1.69. The molecule has 0 aromatic heterocycles. The van der Waals surface area contributed by atoms with Crippen molar-refractivity contribution < 1.29 is 12.6 Å². The van der Waals surface area contributed by atoms with E-state index >= 15 is 0 Å². The highest BCUT2D eigenvalue weighted by Gasteiger charge is 2.39. The van der Waals surface area contributed by atoms with Crippen LogP contribution in [-0.4, -0.2) is 19.3 Å². The molecule has 1 saturated heterocycles. The molecule has 1 aliphatic heterocycles. The summed E-state index contributed by atoms with van der Waals surface area (Å²) in [5, 5.41) is 0. The van der Waals surface area contributed by atoms with E-state index in [1.165, 1.54) is 4.31 Å². The average molecular weight is 289 g/mol. The third kappa shape index (κ3) is 2.60. The lowest BCUT2D eigenvalue weighted by atomic mass is 10.1. The van der Waals surface area contributed by atoms with Crippen molar-refractivity contribution in [3.63, 3.8) is 0 Å². The van der Waals surface area contributed by atoms with Gasteiger partial charge in [0, 0.05) is 6.54 Å². The van der Waals surface area contributed by atoms with Crippen molar-refractivity contribution in [2.45, 2.75) is 12.6 Å². The molecule has 20 heavy (non-hydrogen) atoms. The lowest BCUT2D eigenvalue weighted by Gasteiger charge is -2.20. The van der Waals surface area contributed by atoms with E-state index in [1.807, 2.05) is 60.7 Å².